The summed E-state index contributed by atoms with van der Waals surface area (Å²) in [5.74, 6) is 1.90. The van der Waals surface area contributed by atoms with Crippen molar-refractivity contribution >= 4 is 17.3 Å². The van der Waals surface area contributed by atoms with E-state index in [-0.39, 0.29) is 0 Å². The normalized spacial score (nSPS) is 10.2. The Hall–Kier alpha value is -3.43. The molecule has 3 rings (SSSR count). The van der Waals surface area contributed by atoms with Gasteiger partial charge in [-0.2, -0.15) is 5.26 Å². The number of benzene rings is 2. The van der Waals surface area contributed by atoms with Crippen molar-refractivity contribution in [3.05, 3.63) is 66.2 Å². The second-order valence-electron chi connectivity index (χ2n) is 5.53. The molecule has 0 spiro atoms. The first-order valence-corrected chi connectivity index (χ1v) is 8.23. The molecular formula is C20H19N5O. The van der Waals surface area contributed by atoms with Crippen LogP contribution < -0.4 is 10.6 Å². The van der Waals surface area contributed by atoms with Crippen molar-refractivity contribution in [1.82, 2.24) is 9.97 Å². The second kappa shape index (κ2) is 8.60. The molecular weight excluding hydrogens is 326 g/mol. The quantitative estimate of drug-likeness (QED) is 0.634. The topological polar surface area (TPSA) is 82.9 Å². The van der Waals surface area contributed by atoms with Gasteiger partial charge in [-0.1, -0.05) is 42.5 Å². The third-order valence-electron chi connectivity index (χ3n) is 3.68. The number of anilines is 3. The van der Waals surface area contributed by atoms with Crippen LogP contribution in [-0.2, 0) is 4.74 Å². The van der Waals surface area contributed by atoms with Gasteiger partial charge >= 0.3 is 0 Å². The Labute approximate surface area is 152 Å². The highest BCUT2D eigenvalue weighted by Gasteiger charge is 2.09. The summed E-state index contributed by atoms with van der Waals surface area (Å²) < 4.78 is 5.08. The van der Waals surface area contributed by atoms with E-state index in [1.807, 2.05) is 54.6 Å². The van der Waals surface area contributed by atoms with E-state index >= 15 is 0 Å². The smallest absolute Gasteiger partial charge is 0.163 e. The molecule has 26 heavy (non-hydrogen) atoms. The van der Waals surface area contributed by atoms with E-state index in [1.54, 1.807) is 13.2 Å². The van der Waals surface area contributed by atoms with Gasteiger partial charge in [0.15, 0.2) is 5.82 Å². The number of nitriles is 1. The highest BCUT2D eigenvalue weighted by molar-refractivity contribution is 5.68. The van der Waals surface area contributed by atoms with Crippen molar-refractivity contribution in [2.45, 2.75) is 0 Å². The average molecular weight is 345 g/mol. The summed E-state index contributed by atoms with van der Waals surface area (Å²) >= 11 is 0. The number of hydrogen-bond acceptors (Lipinski definition) is 6. The predicted molar refractivity (Wildman–Crippen MR) is 102 cm³/mol. The number of ether oxygens (including phenoxy) is 1. The molecule has 0 amide bonds. The van der Waals surface area contributed by atoms with Crippen LogP contribution in [0.4, 0.5) is 17.3 Å². The Morgan fingerprint density at radius 1 is 1.00 bits per heavy atom. The van der Waals surface area contributed by atoms with Gasteiger partial charge in [0.25, 0.3) is 0 Å². The van der Waals surface area contributed by atoms with Gasteiger partial charge in [0.1, 0.15) is 17.7 Å². The molecule has 2 N–H and O–H groups in total. The summed E-state index contributed by atoms with van der Waals surface area (Å²) in [7, 11) is 1.66. The van der Waals surface area contributed by atoms with Crippen molar-refractivity contribution in [1.29, 1.82) is 5.26 Å². The first-order valence-electron chi connectivity index (χ1n) is 8.23. The summed E-state index contributed by atoms with van der Waals surface area (Å²) in [5.41, 5.74) is 2.18. The van der Waals surface area contributed by atoms with Crippen molar-refractivity contribution < 1.29 is 4.74 Å². The predicted octanol–water partition coefficient (Wildman–Crippen LogP) is 3.82. The molecule has 0 atom stereocenters. The van der Waals surface area contributed by atoms with Crippen LogP contribution in [0.2, 0.25) is 0 Å². The zero-order valence-electron chi connectivity index (χ0n) is 14.4. The summed E-state index contributed by atoms with van der Waals surface area (Å²) in [5, 5.41) is 15.7. The molecule has 130 valence electrons. The maximum Gasteiger partial charge on any atom is 0.163 e. The molecule has 0 radical (unpaired) electrons. The maximum atomic E-state index is 9.28. The lowest BCUT2D eigenvalue weighted by Gasteiger charge is -2.12. The van der Waals surface area contributed by atoms with Crippen molar-refractivity contribution in [3.63, 3.8) is 0 Å². The second-order valence-corrected chi connectivity index (χ2v) is 5.53. The lowest BCUT2D eigenvalue weighted by Crippen LogP contribution is -2.10. The number of methoxy groups -OCH3 is 1. The molecule has 3 aromatic rings. The van der Waals surface area contributed by atoms with Gasteiger partial charge in [0, 0.05) is 25.3 Å². The fourth-order valence-corrected chi connectivity index (χ4v) is 2.43. The third kappa shape index (κ3) is 4.35. The molecule has 0 aliphatic heterocycles. The van der Waals surface area contributed by atoms with E-state index in [0.717, 1.165) is 5.56 Å². The van der Waals surface area contributed by atoms with Gasteiger partial charge in [-0.25, -0.2) is 9.97 Å². The summed E-state index contributed by atoms with van der Waals surface area (Å²) in [6.45, 7) is 1.21. The van der Waals surface area contributed by atoms with Crippen molar-refractivity contribution in [2.75, 3.05) is 30.9 Å². The Kier molecular flexibility index (Phi) is 5.76. The Bertz CT molecular complexity index is 906. The van der Waals surface area contributed by atoms with Crippen LogP contribution in [0.1, 0.15) is 5.56 Å². The monoisotopic (exact) mass is 345 g/mol. The van der Waals surface area contributed by atoms with Gasteiger partial charge in [-0.3, -0.25) is 0 Å². The van der Waals surface area contributed by atoms with E-state index in [4.69, 9.17) is 4.74 Å². The molecule has 6 heteroatoms. The maximum absolute atomic E-state index is 9.28. The average Bonchev–Trinajstić information content (AvgIpc) is 2.69. The molecule has 0 bridgehead atoms. The van der Waals surface area contributed by atoms with Gasteiger partial charge in [-0.15, -0.1) is 0 Å². The lowest BCUT2D eigenvalue weighted by molar-refractivity contribution is 0.210. The zero-order valence-corrected chi connectivity index (χ0v) is 14.4. The van der Waals surface area contributed by atoms with Gasteiger partial charge in [0.05, 0.1) is 17.9 Å². The minimum atomic E-state index is 0.557. The van der Waals surface area contributed by atoms with Crippen LogP contribution in [0.25, 0.3) is 11.4 Å². The third-order valence-corrected chi connectivity index (χ3v) is 3.68. The van der Waals surface area contributed by atoms with Crippen LogP contribution in [0.5, 0.6) is 0 Å². The van der Waals surface area contributed by atoms with Gasteiger partial charge in [0.2, 0.25) is 0 Å². The Morgan fingerprint density at radius 2 is 1.73 bits per heavy atom. The standard InChI is InChI=1S/C20H19N5O/c1-26-12-11-22-18-13-19(23-17-10-6-5-9-16(17)14-21)25-20(24-18)15-7-3-2-4-8-15/h2-10,13H,11-12H2,1H3,(H2,22,23,24,25). The van der Waals surface area contributed by atoms with Crippen molar-refractivity contribution in [2.24, 2.45) is 0 Å². The SMILES string of the molecule is COCCNc1cc(Nc2ccccc2C#N)nc(-c2ccccc2)n1. The van der Waals surface area contributed by atoms with Crippen LogP contribution in [-0.4, -0.2) is 30.2 Å². The minimum absolute atomic E-state index is 0.557. The van der Waals surface area contributed by atoms with Gasteiger partial charge < -0.3 is 15.4 Å². The lowest BCUT2D eigenvalue weighted by atomic mass is 10.2. The number of para-hydroxylation sites is 1. The number of aromatic nitrogens is 2. The van der Waals surface area contributed by atoms with E-state index in [0.29, 0.717) is 41.9 Å². The molecule has 1 heterocycles. The number of nitrogens with one attached hydrogen (secondary N) is 2. The zero-order chi connectivity index (χ0) is 18.2. The summed E-state index contributed by atoms with van der Waals surface area (Å²) in [4.78, 5) is 9.18. The molecule has 0 unspecified atom stereocenters. The van der Waals surface area contributed by atoms with Crippen LogP contribution in [0.15, 0.2) is 60.7 Å². The van der Waals surface area contributed by atoms with E-state index < -0.39 is 0 Å². The van der Waals surface area contributed by atoms with E-state index in [2.05, 4.69) is 26.7 Å². The molecule has 0 fully saturated rings. The minimum Gasteiger partial charge on any atom is -0.383 e. The highest BCUT2D eigenvalue weighted by Crippen LogP contribution is 2.24. The van der Waals surface area contributed by atoms with E-state index in [1.165, 1.54) is 0 Å². The molecule has 6 nitrogen and oxygen atoms in total. The fraction of sp³-hybridized carbons (Fsp3) is 0.150. The summed E-state index contributed by atoms with van der Waals surface area (Å²) in [6, 6.07) is 21.1. The molecule has 0 aliphatic rings. The van der Waals surface area contributed by atoms with Crippen molar-refractivity contribution in [3.8, 4) is 17.5 Å². The van der Waals surface area contributed by atoms with Gasteiger partial charge in [-0.05, 0) is 12.1 Å². The molecule has 0 aliphatic carbocycles. The van der Waals surface area contributed by atoms with Crippen LogP contribution in [0.3, 0.4) is 0 Å². The number of rotatable bonds is 7. The van der Waals surface area contributed by atoms with E-state index in [9.17, 15) is 5.26 Å². The molecule has 1 aromatic heterocycles. The highest BCUT2D eigenvalue weighted by atomic mass is 16.5. The first kappa shape index (κ1) is 17.4. The number of nitrogens with zero attached hydrogens (tertiary/aromatic N) is 3. The molecule has 0 saturated heterocycles. The Balaban J connectivity index is 1.95. The van der Waals surface area contributed by atoms with Crippen LogP contribution in [0, 0.1) is 11.3 Å². The fourth-order valence-electron chi connectivity index (χ4n) is 2.43. The number of hydrogen-bond donors (Lipinski definition) is 2. The molecule has 0 saturated carbocycles. The first-order chi connectivity index (χ1) is 12.8. The summed E-state index contributed by atoms with van der Waals surface area (Å²) in [6.07, 6.45) is 0. The largest absolute Gasteiger partial charge is 0.383 e. The molecule has 2 aromatic carbocycles. The van der Waals surface area contributed by atoms with Crippen LogP contribution >= 0.6 is 0 Å². The Morgan fingerprint density at radius 3 is 2.50 bits per heavy atom.